The number of hydrogen-bond acceptors (Lipinski definition) is 3. The van der Waals surface area contributed by atoms with E-state index in [4.69, 9.17) is 5.73 Å². The number of amides is 1. The van der Waals surface area contributed by atoms with E-state index in [0.717, 1.165) is 6.54 Å². The summed E-state index contributed by atoms with van der Waals surface area (Å²) in [4.78, 5) is 12.2. The molecule has 1 aromatic heterocycles. The zero-order valence-electron chi connectivity index (χ0n) is 11.2. The van der Waals surface area contributed by atoms with E-state index in [1.165, 1.54) is 30.6 Å². The second-order valence-electron chi connectivity index (χ2n) is 5.99. The molecule has 1 amide bonds. The molecule has 3 nitrogen and oxygen atoms in total. The highest BCUT2D eigenvalue weighted by molar-refractivity contribution is 7.10. The van der Waals surface area contributed by atoms with Gasteiger partial charge in [-0.3, -0.25) is 4.79 Å². The first kappa shape index (κ1) is 13.6. The van der Waals surface area contributed by atoms with E-state index < -0.39 is 0 Å². The molecule has 1 fully saturated rings. The van der Waals surface area contributed by atoms with Crippen LogP contribution in [0.25, 0.3) is 0 Å². The molecular weight excluding hydrogens is 244 g/mol. The Morgan fingerprint density at radius 2 is 2.17 bits per heavy atom. The lowest BCUT2D eigenvalue weighted by Crippen LogP contribution is -2.34. The van der Waals surface area contributed by atoms with Crippen LogP contribution in [0.2, 0.25) is 0 Å². The lowest BCUT2D eigenvalue weighted by atomic mass is 9.75. The van der Waals surface area contributed by atoms with Crippen LogP contribution < -0.4 is 11.1 Å². The molecule has 1 aromatic rings. The van der Waals surface area contributed by atoms with Gasteiger partial charge in [-0.2, -0.15) is 0 Å². The molecule has 2 rings (SSSR count). The molecule has 0 unspecified atom stereocenters. The molecule has 4 heteroatoms. The molecule has 0 bridgehead atoms. The van der Waals surface area contributed by atoms with Crippen LogP contribution in [0, 0.1) is 5.41 Å². The predicted molar refractivity (Wildman–Crippen MR) is 75.7 cm³/mol. The fraction of sp³-hybridized carbons (Fsp3) is 0.643. The second kappa shape index (κ2) is 5.41. The van der Waals surface area contributed by atoms with Crippen LogP contribution >= 0.6 is 11.3 Å². The van der Waals surface area contributed by atoms with Crippen molar-refractivity contribution in [1.29, 1.82) is 0 Å². The Kier molecular flexibility index (Phi) is 4.07. The van der Waals surface area contributed by atoms with Crippen molar-refractivity contribution in [3.8, 4) is 0 Å². The Balaban J connectivity index is 1.79. The van der Waals surface area contributed by atoms with Crippen molar-refractivity contribution >= 4 is 17.2 Å². The molecule has 0 radical (unpaired) electrons. The van der Waals surface area contributed by atoms with Crippen molar-refractivity contribution in [1.82, 2.24) is 5.32 Å². The van der Waals surface area contributed by atoms with Crippen molar-refractivity contribution in [3.63, 3.8) is 0 Å². The van der Waals surface area contributed by atoms with Gasteiger partial charge in [0.25, 0.3) is 0 Å². The standard InChI is InChI=1S/C14H22N2OS/c1-14(2)5-3-11(4-6-14)16-8-12-7-10(9-18-12)13(15)17/h7,9,11,16H,3-6,8H2,1-2H3,(H2,15,17). The summed E-state index contributed by atoms with van der Waals surface area (Å²) < 4.78 is 0. The topological polar surface area (TPSA) is 55.1 Å². The number of nitrogens with two attached hydrogens (primary N) is 1. The first-order valence-electron chi connectivity index (χ1n) is 6.57. The SMILES string of the molecule is CC1(C)CCC(NCc2cc(C(N)=O)cs2)CC1. The Bertz CT molecular complexity index is 415. The van der Waals surface area contributed by atoms with E-state index in [1.54, 1.807) is 11.3 Å². The minimum absolute atomic E-state index is 0.336. The monoisotopic (exact) mass is 266 g/mol. The highest BCUT2D eigenvalue weighted by Crippen LogP contribution is 2.35. The lowest BCUT2D eigenvalue weighted by Gasteiger charge is -2.34. The van der Waals surface area contributed by atoms with Gasteiger partial charge in [0.05, 0.1) is 5.56 Å². The number of primary amides is 1. The molecular formula is C14H22N2OS. The average molecular weight is 266 g/mol. The van der Waals surface area contributed by atoms with E-state index >= 15 is 0 Å². The third-order valence-corrected chi connectivity index (χ3v) is 4.78. The molecule has 18 heavy (non-hydrogen) atoms. The summed E-state index contributed by atoms with van der Waals surface area (Å²) in [6, 6.07) is 2.52. The van der Waals surface area contributed by atoms with Crippen molar-refractivity contribution < 1.29 is 4.79 Å². The maximum Gasteiger partial charge on any atom is 0.249 e. The zero-order chi connectivity index (χ0) is 13.2. The summed E-state index contributed by atoms with van der Waals surface area (Å²) in [5, 5.41) is 5.42. The zero-order valence-corrected chi connectivity index (χ0v) is 12.0. The first-order chi connectivity index (χ1) is 8.46. The Labute approximate surface area is 113 Å². The van der Waals surface area contributed by atoms with Gasteiger partial charge in [-0.25, -0.2) is 0 Å². The molecule has 0 saturated heterocycles. The minimum Gasteiger partial charge on any atom is -0.366 e. The number of nitrogens with one attached hydrogen (secondary N) is 1. The molecule has 3 N–H and O–H groups in total. The van der Waals surface area contributed by atoms with Gasteiger partial charge in [0, 0.05) is 22.8 Å². The largest absolute Gasteiger partial charge is 0.366 e. The van der Waals surface area contributed by atoms with Crippen LogP contribution in [0.3, 0.4) is 0 Å². The average Bonchev–Trinajstić information content (AvgIpc) is 2.76. The van der Waals surface area contributed by atoms with Crippen LogP contribution in [0.4, 0.5) is 0 Å². The van der Waals surface area contributed by atoms with Crippen LogP contribution in [-0.2, 0) is 6.54 Å². The normalized spacial score (nSPS) is 19.9. The first-order valence-corrected chi connectivity index (χ1v) is 7.45. The summed E-state index contributed by atoms with van der Waals surface area (Å²) in [7, 11) is 0. The maximum atomic E-state index is 11.0. The molecule has 0 spiro atoms. The van der Waals surface area contributed by atoms with Gasteiger partial charge in [0.2, 0.25) is 5.91 Å². The summed E-state index contributed by atoms with van der Waals surface area (Å²) in [6.45, 7) is 5.55. The number of thiophene rings is 1. The van der Waals surface area contributed by atoms with Gasteiger partial charge >= 0.3 is 0 Å². The summed E-state index contributed by atoms with van der Waals surface area (Å²) >= 11 is 1.60. The van der Waals surface area contributed by atoms with Crippen LogP contribution in [0.1, 0.15) is 54.8 Å². The number of carbonyl (C=O) groups excluding carboxylic acids is 1. The quantitative estimate of drug-likeness (QED) is 0.880. The fourth-order valence-electron chi connectivity index (χ4n) is 2.45. The molecule has 0 aromatic carbocycles. The molecule has 1 aliphatic carbocycles. The molecule has 1 saturated carbocycles. The minimum atomic E-state index is -0.336. The van der Waals surface area contributed by atoms with Gasteiger partial charge in [0.1, 0.15) is 0 Å². The van der Waals surface area contributed by atoms with Gasteiger partial charge in [0.15, 0.2) is 0 Å². The number of rotatable bonds is 4. The van der Waals surface area contributed by atoms with Gasteiger partial charge in [-0.05, 0) is 37.2 Å². The van der Waals surface area contributed by atoms with Crippen LogP contribution in [0.15, 0.2) is 11.4 Å². The number of carbonyl (C=O) groups is 1. The van der Waals surface area contributed by atoms with Gasteiger partial charge < -0.3 is 11.1 Å². The van der Waals surface area contributed by atoms with Crippen molar-refractivity contribution in [3.05, 3.63) is 21.9 Å². The molecule has 0 atom stereocenters. The second-order valence-corrected chi connectivity index (χ2v) is 6.98. The smallest absolute Gasteiger partial charge is 0.249 e. The van der Waals surface area contributed by atoms with E-state index in [-0.39, 0.29) is 5.91 Å². The Morgan fingerprint density at radius 1 is 1.50 bits per heavy atom. The summed E-state index contributed by atoms with van der Waals surface area (Å²) in [5.74, 6) is -0.336. The van der Waals surface area contributed by atoms with E-state index in [0.29, 0.717) is 17.0 Å². The van der Waals surface area contributed by atoms with Gasteiger partial charge in [-0.15, -0.1) is 11.3 Å². The third kappa shape index (κ3) is 3.56. The molecule has 1 aliphatic rings. The molecule has 100 valence electrons. The third-order valence-electron chi connectivity index (χ3n) is 3.84. The van der Waals surface area contributed by atoms with E-state index in [9.17, 15) is 4.79 Å². The van der Waals surface area contributed by atoms with Crippen molar-refractivity contribution in [2.75, 3.05) is 0 Å². The van der Waals surface area contributed by atoms with Gasteiger partial charge in [-0.1, -0.05) is 13.8 Å². The Hall–Kier alpha value is -0.870. The van der Waals surface area contributed by atoms with E-state index in [2.05, 4.69) is 19.2 Å². The maximum absolute atomic E-state index is 11.0. The highest BCUT2D eigenvalue weighted by Gasteiger charge is 2.26. The van der Waals surface area contributed by atoms with Crippen molar-refractivity contribution in [2.45, 2.75) is 52.1 Å². The van der Waals surface area contributed by atoms with E-state index in [1.807, 2.05) is 11.4 Å². The van der Waals surface area contributed by atoms with Crippen LogP contribution in [-0.4, -0.2) is 11.9 Å². The summed E-state index contributed by atoms with van der Waals surface area (Å²) in [6.07, 6.45) is 5.09. The van der Waals surface area contributed by atoms with Crippen molar-refractivity contribution in [2.24, 2.45) is 11.1 Å². The number of hydrogen-bond donors (Lipinski definition) is 2. The molecule has 1 heterocycles. The Morgan fingerprint density at radius 3 is 2.72 bits per heavy atom. The summed E-state index contributed by atoms with van der Waals surface area (Å²) in [5.41, 5.74) is 6.38. The fourth-order valence-corrected chi connectivity index (χ4v) is 3.28. The predicted octanol–water partition coefficient (Wildman–Crippen LogP) is 2.91. The highest BCUT2D eigenvalue weighted by atomic mass is 32.1. The lowest BCUT2D eigenvalue weighted by molar-refractivity contribution is 0.100. The molecule has 0 aliphatic heterocycles. The van der Waals surface area contributed by atoms with Crippen LogP contribution in [0.5, 0.6) is 0 Å².